The smallest absolute Gasteiger partial charge is 0.338 e. The van der Waals surface area contributed by atoms with Crippen LogP contribution >= 0.6 is 0 Å². The van der Waals surface area contributed by atoms with Gasteiger partial charge in [0.1, 0.15) is 0 Å². The van der Waals surface area contributed by atoms with Crippen LogP contribution in [-0.2, 0) is 4.74 Å². The molecular weight excluding hydrogens is 384 g/mol. The number of benzene rings is 2. The van der Waals surface area contributed by atoms with Crippen molar-refractivity contribution in [3.63, 3.8) is 0 Å². The minimum absolute atomic E-state index is 0.0856. The minimum atomic E-state index is -1.03. The van der Waals surface area contributed by atoms with Gasteiger partial charge in [-0.2, -0.15) is 0 Å². The summed E-state index contributed by atoms with van der Waals surface area (Å²) in [5.74, 6) is -2.02. The minimum Gasteiger partial charge on any atom is -0.451 e. The molecule has 0 spiro atoms. The van der Waals surface area contributed by atoms with E-state index in [1.54, 1.807) is 6.20 Å². The van der Waals surface area contributed by atoms with Crippen molar-refractivity contribution in [2.24, 2.45) is 0 Å². The van der Waals surface area contributed by atoms with Crippen molar-refractivity contribution in [3.05, 3.63) is 83.6 Å². The van der Waals surface area contributed by atoms with E-state index in [-0.39, 0.29) is 29.0 Å². The molecule has 1 aliphatic heterocycles. The van der Waals surface area contributed by atoms with Crippen LogP contribution in [0.1, 0.15) is 48.4 Å². The Balaban J connectivity index is 1.53. The molecule has 0 radical (unpaired) electrons. The standard InChI is InChI=1S/C23H18N2O5/c1-3-10-25-21(27)16-9-8-14(11-17(16)22(25)28)23(29)30-13(2)20(26)18-12-24-19-7-5-4-6-15(18)19/h3-9,11-13,24H,1,10H2,2H3. The number of aromatic amines is 1. The highest BCUT2D eigenvalue weighted by Gasteiger charge is 2.35. The van der Waals surface area contributed by atoms with Crippen LogP contribution in [0.2, 0.25) is 0 Å². The van der Waals surface area contributed by atoms with Crippen molar-refractivity contribution in [2.45, 2.75) is 13.0 Å². The fraction of sp³-hybridized carbons (Fsp3) is 0.130. The number of esters is 1. The third kappa shape index (κ3) is 3.10. The van der Waals surface area contributed by atoms with E-state index < -0.39 is 23.9 Å². The maximum Gasteiger partial charge on any atom is 0.338 e. The number of hydrogen-bond acceptors (Lipinski definition) is 5. The summed E-state index contributed by atoms with van der Waals surface area (Å²) < 4.78 is 5.34. The first-order valence-corrected chi connectivity index (χ1v) is 9.35. The third-order valence-corrected chi connectivity index (χ3v) is 5.03. The van der Waals surface area contributed by atoms with Crippen molar-refractivity contribution in [2.75, 3.05) is 6.54 Å². The van der Waals surface area contributed by atoms with E-state index in [4.69, 9.17) is 4.74 Å². The van der Waals surface area contributed by atoms with E-state index in [0.717, 1.165) is 15.8 Å². The molecule has 1 aliphatic rings. The molecule has 0 saturated heterocycles. The number of fused-ring (bicyclic) bond motifs is 2. The number of rotatable bonds is 6. The quantitative estimate of drug-likeness (QED) is 0.295. The summed E-state index contributed by atoms with van der Waals surface area (Å²) in [6, 6.07) is 11.5. The summed E-state index contributed by atoms with van der Waals surface area (Å²) in [4.78, 5) is 54.1. The van der Waals surface area contributed by atoms with Gasteiger partial charge in [-0.15, -0.1) is 6.58 Å². The highest BCUT2D eigenvalue weighted by molar-refractivity contribution is 6.22. The number of carbonyl (C=O) groups excluding carboxylic acids is 4. The summed E-state index contributed by atoms with van der Waals surface area (Å²) in [5.41, 5.74) is 1.69. The molecule has 30 heavy (non-hydrogen) atoms. The van der Waals surface area contributed by atoms with Gasteiger partial charge in [0.2, 0.25) is 5.78 Å². The monoisotopic (exact) mass is 402 g/mol. The van der Waals surface area contributed by atoms with E-state index >= 15 is 0 Å². The summed E-state index contributed by atoms with van der Waals surface area (Å²) in [7, 11) is 0. The number of aromatic nitrogens is 1. The zero-order valence-corrected chi connectivity index (χ0v) is 16.2. The molecular formula is C23H18N2O5. The van der Waals surface area contributed by atoms with E-state index in [0.29, 0.717) is 5.56 Å². The number of nitrogens with zero attached hydrogens (tertiary/aromatic N) is 1. The van der Waals surface area contributed by atoms with Gasteiger partial charge in [-0.05, 0) is 31.2 Å². The number of ether oxygens (including phenoxy) is 1. The Labute approximate surface area is 171 Å². The Hall–Kier alpha value is -4.00. The van der Waals surface area contributed by atoms with Crippen LogP contribution in [0.25, 0.3) is 10.9 Å². The summed E-state index contributed by atoms with van der Waals surface area (Å²) >= 11 is 0. The second-order valence-corrected chi connectivity index (χ2v) is 6.93. The van der Waals surface area contributed by atoms with Gasteiger partial charge in [0.15, 0.2) is 6.10 Å². The lowest BCUT2D eigenvalue weighted by atomic mass is 10.0. The first kappa shape index (κ1) is 19.3. The summed E-state index contributed by atoms with van der Waals surface area (Å²) in [5, 5.41) is 0.745. The van der Waals surface area contributed by atoms with E-state index in [1.165, 1.54) is 31.2 Å². The second-order valence-electron chi connectivity index (χ2n) is 6.93. The normalized spacial score (nSPS) is 14.0. The van der Waals surface area contributed by atoms with Crippen LogP contribution in [0.3, 0.4) is 0 Å². The molecule has 0 bridgehead atoms. The third-order valence-electron chi connectivity index (χ3n) is 5.03. The Morgan fingerprint density at radius 2 is 1.87 bits per heavy atom. The number of ketones is 1. The Bertz CT molecular complexity index is 1220. The fourth-order valence-corrected chi connectivity index (χ4v) is 3.49. The molecule has 2 heterocycles. The van der Waals surface area contributed by atoms with Crippen LogP contribution in [0.15, 0.2) is 61.3 Å². The Morgan fingerprint density at radius 3 is 2.63 bits per heavy atom. The lowest BCUT2D eigenvalue weighted by molar-refractivity contribution is 0.0319. The first-order chi connectivity index (χ1) is 14.4. The average molecular weight is 402 g/mol. The zero-order chi connectivity index (χ0) is 21.4. The highest BCUT2D eigenvalue weighted by atomic mass is 16.5. The molecule has 2 aromatic carbocycles. The lowest BCUT2D eigenvalue weighted by Crippen LogP contribution is -2.29. The van der Waals surface area contributed by atoms with Crippen LogP contribution in [0.4, 0.5) is 0 Å². The van der Waals surface area contributed by atoms with Gasteiger partial charge in [-0.1, -0.05) is 24.3 Å². The zero-order valence-electron chi connectivity index (χ0n) is 16.2. The predicted octanol–water partition coefficient (Wildman–Crippen LogP) is 3.38. The van der Waals surface area contributed by atoms with Crippen molar-refractivity contribution < 1.29 is 23.9 Å². The van der Waals surface area contributed by atoms with Crippen molar-refractivity contribution in [1.29, 1.82) is 0 Å². The molecule has 0 aliphatic carbocycles. The maximum absolute atomic E-state index is 12.8. The van der Waals surface area contributed by atoms with Gasteiger partial charge in [-0.25, -0.2) is 4.79 Å². The van der Waals surface area contributed by atoms with Gasteiger partial charge in [-0.3, -0.25) is 19.3 Å². The molecule has 1 atom stereocenters. The SMILES string of the molecule is C=CCN1C(=O)c2ccc(C(=O)OC(C)C(=O)c3c[nH]c4ccccc34)cc2C1=O. The van der Waals surface area contributed by atoms with Gasteiger partial charge < -0.3 is 9.72 Å². The molecule has 150 valence electrons. The van der Waals surface area contributed by atoms with Crippen LogP contribution in [-0.4, -0.2) is 46.1 Å². The number of hydrogen-bond donors (Lipinski definition) is 1. The fourth-order valence-electron chi connectivity index (χ4n) is 3.49. The van der Waals surface area contributed by atoms with Gasteiger partial charge in [0, 0.05) is 29.2 Å². The largest absolute Gasteiger partial charge is 0.451 e. The van der Waals surface area contributed by atoms with Crippen LogP contribution in [0, 0.1) is 0 Å². The van der Waals surface area contributed by atoms with Crippen LogP contribution < -0.4 is 0 Å². The predicted molar refractivity (Wildman–Crippen MR) is 110 cm³/mol. The van der Waals surface area contributed by atoms with Gasteiger partial charge in [0.05, 0.1) is 16.7 Å². The highest BCUT2D eigenvalue weighted by Crippen LogP contribution is 2.25. The van der Waals surface area contributed by atoms with E-state index in [2.05, 4.69) is 11.6 Å². The molecule has 1 unspecified atom stereocenters. The Kier molecular flexibility index (Phi) is 4.79. The number of carbonyl (C=O) groups is 4. The second kappa shape index (κ2) is 7.44. The number of nitrogens with one attached hydrogen (secondary N) is 1. The molecule has 1 N–H and O–H groups in total. The maximum atomic E-state index is 12.8. The van der Waals surface area contributed by atoms with Gasteiger partial charge >= 0.3 is 5.97 Å². The van der Waals surface area contributed by atoms with Crippen molar-refractivity contribution in [3.8, 4) is 0 Å². The van der Waals surface area contributed by atoms with Crippen molar-refractivity contribution >= 4 is 34.5 Å². The number of Topliss-reactive ketones (excluding diaryl/α,β-unsaturated/α-hetero) is 1. The molecule has 0 fully saturated rings. The average Bonchev–Trinajstić information content (AvgIpc) is 3.28. The molecule has 0 saturated carbocycles. The topological polar surface area (TPSA) is 96.5 Å². The summed E-state index contributed by atoms with van der Waals surface area (Å²) in [6.07, 6.45) is 2.01. The van der Waals surface area contributed by atoms with E-state index in [1.807, 2.05) is 24.3 Å². The number of para-hydroxylation sites is 1. The number of H-pyrrole nitrogens is 1. The Morgan fingerprint density at radius 1 is 1.13 bits per heavy atom. The van der Waals surface area contributed by atoms with Crippen molar-refractivity contribution in [1.82, 2.24) is 9.88 Å². The molecule has 7 heteroatoms. The van der Waals surface area contributed by atoms with E-state index in [9.17, 15) is 19.2 Å². The molecule has 7 nitrogen and oxygen atoms in total. The first-order valence-electron chi connectivity index (χ1n) is 9.35. The molecule has 3 aromatic rings. The number of amides is 2. The molecule has 2 amide bonds. The summed E-state index contributed by atoms with van der Waals surface area (Å²) in [6.45, 7) is 5.12. The molecule has 1 aromatic heterocycles. The van der Waals surface area contributed by atoms with Gasteiger partial charge in [0.25, 0.3) is 11.8 Å². The lowest BCUT2D eigenvalue weighted by Gasteiger charge is -2.12. The number of imide groups is 1. The van der Waals surface area contributed by atoms with Crippen LogP contribution in [0.5, 0.6) is 0 Å². The molecule has 4 rings (SSSR count).